The van der Waals surface area contributed by atoms with Gasteiger partial charge in [-0.15, -0.1) is 0 Å². The van der Waals surface area contributed by atoms with E-state index in [9.17, 15) is 0 Å². The molecule has 7 heteroatoms. The zero-order valence-electron chi connectivity index (χ0n) is 9.42. The summed E-state index contributed by atoms with van der Waals surface area (Å²) in [5.41, 5.74) is 1.09. The number of guanidine groups is 1. The molecule has 1 aliphatic rings. The second-order valence-electron chi connectivity index (χ2n) is 3.86. The molecule has 0 unspecified atom stereocenters. The van der Waals surface area contributed by atoms with Gasteiger partial charge in [0, 0.05) is 0 Å². The van der Waals surface area contributed by atoms with Crippen LogP contribution < -0.4 is 10.7 Å². The van der Waals surface area contributed by atoms with Crippen LogP contribution in [0.5, 0.6) is 11.8 Å². The third kappa shape index (κ3) is 1.71. The van der Waals surface area contributed by atoms with Crippen molar-refractivity contribution in [3.8, 4) is 11.8 Å². The zero-order valence-corrected chi connectivity index (χ0v) is 9.42. The van der Waals surface area contributed by atoms with Crippen LogP contribution in [-0.4, -0.2) is 26.1 Å². The lowest BCUT2D eigenvalue weighted by Crippen LogP contribution is -2.20. The van der Waals surface area contributed by atoms with Gasteiger partial charge in [-0.25, -0.2) is 9.98 Å². The third-order valence-corrected chi connectivity index (χ3v) is 2.43. The maximum Gasteiger partial charge on any atom is 0.276 e. The minimum Gasteiger partial charge on any atom is -0.491 e. The number of hydrogen-bond donors (Lipinski definition) is 3. The summed E-state index contributed by atoms with van der Waals surface area (Å²) in [6, 6.07) is 5.69. The first kappa shape index (κ1) is 10.5. The van der Waals surface area contributed by atoms with Crippen LogP contribution in [0.1, 0.15) is 5.56 Å². The van der Waals surface area contributed by atoms with Gasteiger partial charge in [-0.3, -0.25) is 4.98 Å². The molecule has 3 N–H and O–H groups in total. The predicted octanol–water partition coefficient (Wildman–Crippen LogP) is 0.0698. The molecule has 3 rings (SSSR count). The Kier molecular flexibility index (Phi) is 2.12. The molecule has 0 fully saturated rings. The summed E-state index contributed by atoms with van der Waals surface area (Å²) < 4.78 is 0. The number of rotatable bonds is 1. The highest BCUT2D eigenvalue weighted by atomic mass is 16.3. The highest BCUT2D eigenvalue weighted by Crippen LogP contribution is 2.23. The number of imidazole rings is 1. The highest BCUT2D eigenvalue weighted by molar-refractivity contribution is 5.84. The monoisotopic (exact) mass is 243 g/mol. The Morgan fingerprint density at radius 1 is 1.17 bits per heavy atom. The van der Waals surface area contributed by atoms with E-state index < -0.39 is 11.8 Å². The van der Waals surface area contributed by atoms with E-state index >= 15 is 0 Å². The minimum absolute atomic E-state index is 0.0528. The van der Waals surface area contributed by atoms with E-state index in [1.54, 1.807) is 0 Å². The molecule has 90 valence electrons. The summed E-state index contributed by atoms with van der Waals surface area (Å²) in [5.74, 6) is -0.650. The molecule has 1 aromatic heterocycles. The molecule has 0 amide bonds. The Bertz CT molecular complexity index is 756. The van der Waals surface area contributed by atoms with Crippen LogP contribution in [0.4, 0.5) is 5.95 Å². The summed E-state index contributed by atoms with van der Waals surface area (Å²) in [6.45, 7) is 1.97. The van der Waals surface area contributed by atoms with Gasteiger partial charge in [-0.2, -0.15) is 9.98 Å². The number of hydrogen-bond acceptors (Lipinski definition) is 4. The molecule has 2 aromatic rings. The number of benzene rings is 1. The number of aryl methyl sites for hydroxylation is 1. The Morgan fingerprint density at radius 2 is 1.94 bits per heavy atom. The van der Waals surface area contributed by atoms with Crippen LogP contribution in [0.15, 0.2) is 33.2 Å². The molecule has 18 heavy (non-hydrogen) atoms. The second-order valence-corrected chi connectivity index (χ2v) is 3.86. The van der Waals surface area contributed by atoms with Crippen molar-refractivity contribution in [2.45, 2.75) is 6.92 Å². The zero-order chi connectivity index (χ0) is 12.7. The lowest BCUT2D eigenvalue weighted by molar-refractivity contribution is 0.386. The van der Waals surface area contributed by atoms with Crippen LogP contribution in [0.2, 0.25) is 0 Å². The maximum absolute atomic E-state index is 9.13. The Morgan fingerprint density at radius 3 is 2.67 bits per heavy atom. The van der Waals surface area contributed by atoms with Gasteiger partial charge < -0.3 is 10.2 Å². The van der Waals surface area contributed by atoms with Gasteiger partial charge in [-0.1, -0.05) is 6.07 Å². The van der Waals surface area contributed by atoms with E-state index in [0.29, 0.717) is 0 Å². The quantitative estimate of drug-likeness (QED) is 0.659. The van der Waals surface area contributed by atoms with E-state index in [4.69, 9.17) is 10.2 Å². The standard InChI is InChI=1S/C11H9N5O2/c1-5-2-3-6-7(4-5)13-10(12-6)16-11-14-8(17)9(18)15-11/h2-4,17-18H,1H3,(H,14,15). The van der Waals surface area contributed by atoms with Crippen LogP contribution >= 0.6 is 0 Å². The van der Waals surface area contributed by atoms with Crippen molar-refractivity contribution < 1.29 is 10.2 Å². The molecule has 0 saturated heterocycles. The number of H-pyrrole nitrogens is 1. The average Bonchev–Trinajstić information content (AvgIpc) is 2.82. The summed E-state index contributed by atoms with van der Waals surface area (Å²) >= 11 is 0. The third-order valence-electron chi connectivity index (χ3n) is 2.43. The number of nitrogens with one attached hydrogen (secondary N) is 1. The highest BCUT2D eigenvalue weighted by Gasteiger charge is 2.09. The molecule has 2 heterocycles. The molecule has 7 nitrogen and oxygen atoms in total. The Balaban J connectivity index is 2.06. The van der Waals surface area contributed by atoms with Crippen molar-refractivity contribution in [1.82, 2.24) is 9.97 Å². The minimum atomic E-state index is -0.499. The van der Waals surface area contributed by atoms with Gasteiger partial charge in [0.15, 0.2) is 0 Å². The molecule has 0 aliphatic carbocycles. The second kappa shape index (κ2) is 3.66. The summed E-state index contributed by atoms with van der Waals surface area (Å²) in [4.78, 5) is 18.4. The lowest BCUT2D eigenvalue weighted by Gasteiger charge is -1.85. The van der Waals surface area contributed by atoms with Crippen molar-refractivity contribution in [2.75, 3.05) is 0 Å². The lowest BCUT2D eigenvalue weighted by atomic mass is 10.2. The number of nitrogens with zero attached hydrogens (tertiary/aromatic N) is 4. The summed E-state index contributed by atoms with van der Waals surface area (Å²) in [7, 11) is 0. The van der Waals surface area contributed by atoms with E-state index in [1.165, 1.54) is 0 Å². The summed E-state index contributed by atoms with van der Waals surface area (Å²) in [6.07, 6.45) is 0. The molecular formula is C11H9N5O2. The van der Waals surface area contributed by atoms with Crippen LogP contribution in [0.25, 0.3) is 0 Å². The number of aromatic hydroxyl groups is 2. The molecule has 0 spiro atoms. The largest absolute Gasteiger partial charge is 0.491 e. The first-order valence-corrected chi connectivity index (χ1v) is 5.22. The van der Waals surface area contributed by atoms with E-state index in [0.717, 1.165) is 16.3 Å². The Hall–Kier alpha value is -2.70. The van der Waals surface area contributed by atoms with Gasteiger partial charge in [-0.05, 0) is 24.6 Å². The molecule has 0 bridgehead atoms. The molecular weight excluding hydrogens is 234 g/mol. The van der Waals surface area contributed by atoms with Gasteiger partial charge in [0.05, 0.1) is 10.7 Å². The normalized spacial score (nSPS) is 15.3. The number of aromatic nitrogens is 2. The topological polar surface area (TPSA) is 106 Å². The van der Waals surface area contributed by atoms with Crippen molar-refractivity contribution in [3.05, 3.63) is 34.5 Å². The van der Waals surface area contributed by atoms with Gasteiger partial charge >= 0.3 is 0 Å². The van der Waals surface area contributed by atoms with E-state index in [-0.39, 0.29) is 11.9 Å². The number of aliphatic imine (C=N–C) groups is 1. The number of aromatic amines is 1. The van der Waals surface area contributed by atoms with Crippen molar-refractivity contribution in [2.24, 2.45) is 15.0 Å². The molecule has 0 atom stereocenters. The molecule has 0 radical (unpaired) electrons. The molecule has 1 aliphatic heterocycles. The fourth-order valence-electron chi connectivity index (χ4n) is 1.60. The molecule has 0 saturated carbocycles. The van der Waals surface area contributed by atoms with Gasteiger partial charge in [0.2, 0.25) is 5.95 Å². The maximum atomic E-state index is 9.13. The van der Waals surface area contributed by atoms with Crippen LogP contribution in [-0.2, 0) is 0 Å². The predicted molar refractivity (Wildman–Crippen MR) is 62.5 cm³/mol. The SMILES string of the molecule is Cc1ccc2c(c1)=NC(=Nc1nc(O)c(O)[nH]1)N=2. The van der Waals surface area contributed by atoms with Crippen LogP contribution in [0.3, 0.4) is 0 Å². The fraction of sp³-hybridized carbons (Fsp3) is 0.0909. The van der Waals surface area contributed by atoms with E-state index in [1.807, 2.05) is 25.1 Å². The van der Waals surface area contributed by atoms with E-state index in [2.05, 4.69) is 24.9 Å². The van der Waals surface area contributed by atoms with Crippen LogP contribution in [0, 0.1) is 6.92 Å². The van der Waals surface area contributed by atoms with Gasteiger partial charge in [0.1, 0.15) is 0 Å². The number of fused-ring (bicyclic) bond motifs is 1. The molecule has 1 aromatic carbocycles. The Labute approximate surface area is 101 Å². The summed E-state index contributed by atoms with van der Waals surface area (Å²) in [5, 5.41) is 19.7. The first-order chi connectivity index (χ1) is 8.61. The fourth-order valence-corrected chi connectivity index (χ4v) is 1.60. The van der Waals surface area contributed by atoms with Crippen molar-refractivity contribution in [1.29, 1.82) is 0 Å². The first-order valence-electron chi connectivity index (χ1n) is 5.22. The smallest absolute Gasteiger partial charge is 0.276 e. The average molecular weight is 243 g/mol. The van der Waals surface area contributed by atoms with Gasteiger partial charge in [0.25, 0.3) is 17.7 Å². The van der Waals surface area contributed by atoms with Crippen molar-refractivity contribution >= 4 is 11.9 Å². The van der Waals surface area contributed by atoms with Crippen molar-refractivity contribution in [3.63, 3.8) is 0 Å².